The molecule has 0 bridgehead atoms. The van der Waals surface area contributed by atoms with Gasteiger partial charge in [-0.1, -0.05) is 6.92 Å². The highest BCUT2D eigenvalue weighted by Gasteiger charge is 2.26. The zero-order chi connectivity index (χ0) is 16.3. The predicted molar refractivity (Wildman–Crippen MR) is 84.6 cm³/mol. The van der Waals surface area contributed by atoms with Crippen molar-refractivity contribution in [2.45, 2.75) is 37.6 Å². The number of sulfone groups is 1. The molecule has 0 spiro atoms. The van der Waals surface area contributed by atoms with Crippen molar-refractivity contribution in [3.8, 4) is 0 Å². The Morgan fingerprint density at radius 3 is 2.55 bits per heavy atom. The Morgan fingerprint density at radius 1 is 1.36 bits per heavy atom. The second-order valence-corrected chi connectivity index (χ2v) is 8.16. The van der Waals surface area contributed by atoms with Crippen LogP contribution in [0, 0.1) is 16.0 Å². The van der Waals surface area contributed by atoms with Gasteiger partial charge in [0.25, 0.3) is 5.69 Å². The topological polar surface area (TPSA) is 80.5 Å². The van der Waals surface area contributed by atoms with E-state index in [1.807, 2.05) is 6.92 Å². The molecule has 2 rings (SSSR count). The van der Waals surface area contributed by atoms with Gasteiger partial charge in [0.1, 0.15) is 0 Å². The summed E-state index contributed by atoms with van der Waals surface area (Å²) in [5.41, 5.74) is -0.100. The fraction of sp³-hybridized carbons (Fsp3) is 0.600. The highest BCUT2D eigenvalue weighted by atomic mass is 32.2. The average molecular weight is 326 g/mol. The molecule has 0 unspecified atom stereocenters. The summed E-state index contributed by atoms with van der Waals surface area (Å²) in [4.78, 5) is 12.5. The fourth-order valence-electron chi connectivity index (χ4n) is 2.92. The predicted octanol–water partition coefficient (Wildman–Crippen LogP) is 2.49. The molecule has 7 heteroatoms. The van der Waals surface area contributed by atoms with Gasteiger partial charge in [-0.15, -0.1) is 0 Å². The van der Waals surface area contributed by atoms with Crippen LogP contribution in [0.2, 0.25) is 0 Å². The number of benzene rings is 1. The maximum Gasteiger partial charge on any atom is 0.269 e. The van der Waals surface area contributed by atoms with Gasteiger partial charge < -0.3 is 0 Å². The van der Waals surface area contributed by atoms with Gasteiger partial charge in [0.15, 0.2) is 9.84 Å². The van der Waals surface area contributed by atoms with Crippen molar-refractivity contribution < 1.29 is 13.3 Å². The van der Waals surface area contributed by atoms with Crippen LogP contribution in [0.25, 0.3) is 0 Å². The molecular weight excluding hydrogens is 304 g/mol. The molecule has 22 heavy (non-hydrogen) atoms. The monoisotopic (exact) mass is 326 g/mol. The normalized spacial score (nSPS) is 21.5. The lowest BCUT2D eigenvalue weighted by molar-refractivity contribution is -0.384. The zero-order valence-electron chi connectivity index (χ0n) is 12.9. The molecule has 0 N–H and O–H groups in total. The smallest absolute Gasteiger partial charge is 0.269 e. The van der Waals surface area contributed by atoms with E-state index in [0.717, 1.165) is 19.5 Å². The lowest BCUT2D eigenvalue weighted by Gasteiger charge is -2.35. The second-order valence-electron chi connectivity index (χ2n) is 6.12. The summed E-state index contributed by atoms with van der Waals surface area (Å²) in [7, 11) is -3.43. The van der Waals surface area contributed by atoms with E-state index in [4.69, 9.17) is 0 Å². The van der Waals surface area contributed by atoms with Gasteiger partial charge in [0.05, 0.1) is 15.6 Å². The van der Waals surface area contributed by atoms with E-state index in [9.17, 15) is 18.5 Å². The largest absolute Gasteiger partial charge is 0.299 e. The number of nitro groups is 1. The van der Waals surface area contributed by atoms with Crippen molar-refractivity contribution in [3.05, 3.63) is 34.4 Å². The van der Waals surface area contributed by atoms with E-state index in [-0.39, 0.29) is 22.4 Å². The molecule has 0 aromatic heterocycles. The first-order valence-electron chi connectivity index (χ1n) is 7.51. The van der Waals surface area contributed by atoms with Gasteiger partial charge in [-0.2, -0.15) is 0 Å². The Morgan fingerprint density at radius 2 is 2.00 bits per heavy atom. The number of nitrogens with zero attached hydrogens (tertiary/aromatic N) is 2. The van der Waals surface area contributed by atoms with Crippen molar-refractivity contribution in [2.24, 2.45) is 5.92 Å². The SMILES string of the molecule is C[C@H]1CCCN([C@H](C)CS(=O)(=O)c2ccc([N+](=O)[O-])cc2)C1. The van der Waals surface area contributed by atoms with Crippen LogP contribution in [0.5, 0.6) is 0 Å². The zero-order valence-corrected chi connectivity index (χ0v) is 13.8. The molecule has 122 valence electrons. The summed E-state index contributed by atoms with van der Waals surface area (Å²) in [6, 6.07) is 5.06. The number of nitro benzene ring substituents is 1. The lowest BCUT2D eigenvalue weighted by atomic mass is 9.99. The highest BCUT2D eigenvalue weighted by molar-refractivity contribution is 7.91. The molecule has 0 saturated carbocycles. The van der Waals surface area contributed by atoms with E-state index in [2.05, 4.69) is 11.8 Å². The quantitative estimate of drug-likeness (QED) is 0.613. The molecule has 1 aliphatic heterocycles. The first-order chi connectivity index (χ1) is 10.3. The molecule has 0 aliphatic carbocycles. The van der Waals surface area contributed by atoms with Crippen LogP contribution in [0.1, 0.15) is 26.7 Å². The van der Waals surface area contributed by atoms with Crippen LogP contribution in [0.15, 0.2) is 29.2 Å². The van der Waals surface area contributed by atoms with Crippen LogP contribution in [0.3, 0.4) is 0 Å². The minimum absolute atomic E-state index is 0.0392. The van der Waals surface area contributed by atoms with Crippen LogP contribution < -0.4 is 0 Å². The third-order valence-electron chi connectivity index (χ3n) is 4.18. The van der Waals surface area contributed by atoms with Gasteiger partial charge >= 0.3 is 0 Å². The van der Waals surface area contributed by atoms with Gasteiger partial charge in [-0.25, -0.2) is 8.42 Å². The molecule has 1 heterocycles. The Labute approximate surface area is 131 Å². The van der Waals surface area contributed by atoms with Crippen molar-refractivity contribution in [2.75, 3.05) is 18.8 Å². The Hall–Kier alpha value is -1.47. The second kappa shape index (κ2) is 6.75. The number of rotatable bonds is 5. The van der Waals surface area contributed by atoms with E-state index in [0.29, 0.717) is 5.92 Å². The molecule has 1 aromatic rings. The van der Waals surface area contributed by atoms with Crippen LogP contribution in [-0.2, 0) is 9.84 Å². The molecule has 2 atom stereocenters. The number of likely N-dealkylation sites (tertiary alicyclic amines) is 1. The summed E-state index contributed by atoms with van der Waals surface area (Å²) in [5, 5.41) is 10.6. The highest BCUT2D eigenvalue weighted by Crippen LogP contribution is 2.21. The van der Waals surface area contributed by atoms with E-state index < -0.39 is 14.8 Å². The summed E-state index contributed by atoms with van der Waals surface area (Å²) in [6.45, 7) is 5.98. The molecule has 1 fully saturated rings. The average Bonchev–Trinajstić information content (AvgIpc) is 2.47. The maximum absolute atomic E-state index is 12.5. The lowest BCUT2D eigenvalue weighted by Crippen LogP contribution is -2.43. The minimum atomic E-state index is -3.43. The van der Waals surface area contributed by atoms with Crippen molar-refractivity contribution >= 4 is 15.5 Å². The number of hydrogen-bond donors (Lipinski definition) is 0. The molecule has 1 aromatic carbocycles. The summed E-state index contributed by atoms with van der Waals surface area (Å²) in [5.74, 6) is 0.635. The third kappa shape index (κ3) is 4.04. The van der Waals surface area contributed by atoms with Crippen LogP contribution >= 0.6 is 0 Å². The molecule has 1 saturated heterocycles. The number of hydrogen-bond acceptors (Lipinski definition) is 5. The van der Waals surface area contributed by atoms with Crippen molar-refractivity contribution in [1.29, 1.82) is 0 Å². The summed E-state index contributed by atoms with van der Waals surface area (Å²) < 4.78 is 24.9. The Bertz CT molecular complexity index is 627. The first kappa shape index (κ1) is 16.9. The molecule has 6 nitrogen and oxygen atoms in total. The Kier molecular flexibility index (Phi) is 5.18. The maximum atomic E-state index is 12.5. The standard InChI is InChI=1S/C15H22N2O4S/c1-12-4-3-9-16(10-12)13(2)11-22(20,21)15-7-5-14(6-8-15)17(18)19/h5-8,12-13H,3-4,9-11H2,1-2H3/t12-,13+/m0/s1. The van der Waals surface area contributed by atoms with E-state index in [1.165, 1.54) is 30.7 Å². The van der Waals surface area contributed by atoms with Gasteiger partial charge in [0, 0.05) is 24.7 Å². The van der Waals surface area contributed by atoms with E-state index in [1.54, 1.807) is 0 Å². The molecule has 0 radical (unpaired) electrons. The minimum Gasteiger partial charge on any atom is -0.299 e. The van der Waals surface area contributed by atoms with Gasteiger partial charge in [0.2, 0.25) is 0 Å². The number of piperidine rings is 1. The first-order valence-corrected chi connectivity index (χ1v) is 9.16. The van der Waals surface area contributed by atoms with Crippen LogP contribution in [-0.4, -0.2) is 43.1 Å². The summed E-state index contributed by atoms with van der Waals surface area (Å²) >= 11 is 0. The molecular formula is C15H22N2O4S. The van der Waals surface area contributed by atoms with Crippen LogP contribution in [0.4, 0.5) is 5.69 Å². The molecule has 1 aliphatic rings. The third-order valence-corrected chi connectivity index (χ3v) is 6.09. The summed E-state index contributed by atoms with van der Waals surface area (Å²) in [6.07, 6.45) is 2.29. The molecule has 0 amide bonds. The van der Waals surface area contributed by atoms with Crippen molar-refractivity contribution in [3.63, 3.8) is 0 Å². The van der Waals surface area contributed by atoms with Crippen molar-refractivity contribution in [1.82, 2.24) is 4.90 Å². The van der Waals surface area contributed by atoms with Gasteiger partial charge in [-0.05, 0) is 44.4 Å². The number of non-ortho nitro benzene ring substituents is 1. The van der Waals surface area contributed by atoms with Gasteiger partial charge in [-0.3, -0.25) is 15.0 Å². The Balaban J connectivity index is 2.08. The fourth-order valence-corrected chi connectivity index (χ4v) is 4.51. The van der Waals surface area contributed by atoms with E-state index >= 15 is 0 Å².